The number of aromatic amines is 1. The number of nitrogens with zero attached hydrogens (tertiary/aromatic N) is 6. The van der Waals surface area contributed by atoms with Gasteiger partial charge in [-0.15, -0.1) is 0 Å². The monoisotopic (exact) mass is 733 g/mol. The fourth-order valence-electron chi connectivity index (χ4n) is 7.56. The molecule has 0 bridgehead atoms. The maximum atomic E-state index is 12.8. The molecule has 6 heterocycles. The Morgan fingerprint density at radius 1 is 1.00 bits per heavy atom. The Morgan fingerprint density at radius 2 is 1.83 bits per heavy atom. The zero-order valence-corrected chi connectivity index (χ0v) is 30.3. The Balaban J connectivity index is 0.000000155. The number of anilines is 2. The van der Waals surface area contributed by atoms with Crippen molar-refractivity contribution in [3.8, 4) is 5.75 Å². The number of benzene rings is 2. The van der Waals surface area contributed by atoms with Crippen LogP contribution in [0.2, 0.25) is 0 Å². The van der Waals surface area contributed by atoms with Crippen molar-refractivity contribution in [3.63, 3.8) is 0 Å². The van der Waals surface area contributed by atoms with Gasteiger partial charge in [0.15, 0.2) is 5.65 Å². The van der Waals surface area contributed by atoms with E-state index < -0.39 is 6.04 Å². The number of hydrogen-bond acceptors (Lipinski definition) is 10. The minimum absolute atomic E-state index is 0.0327. The minimum Gasteiger partial charge on any atom is -0.489 e. The molecule has 4 aliphatic rings. The lowest BCUT2D eigenvalue weighted by Gasteiger charge is -2.43. The quantitative estimate of drug-likeness (QED) is 0.191. The number of imide groups is 1. The predicted molar refractivity (Wildman–Crippen MR) is 199 cm³/mol. The maximum Gasteiger partial charge on any atom is 0.261 e. The number of amides is 4. The second-order valence-corrected chi connectivity index (χ2v) is 14.5. The molecule has 0 radical (unpaired) electrons. The standard InChI is InChI=1S/C22H27N3O4.C17H16N6O2/c26-20-9-8-19(21(27)23-20)25-11-14-10-15(6-7-18(14)22(25)28)24-12-17(13-24)29-16-4-2-1-3-5-16;1-10(2)25-15-7-13-11(8-19-22-13)6-14(15)21-17(24)12-9-20-23-5-3-4-18-16(12)23/h6-7,10,16-17,19H,1-5,8-9,11-13H2,(H,23,26,27);3-10H,1-2H3,(H,19,22)(H,21,24). The Hall–Kier alpha value is -5.83. The van der Waals surface area contributed by atoms with Crippen LogP contribution in [-0.2, 0) is 20.9 Å². The van der Waals surface area contributed by atoms with Crippen LogP contribution in [0.15, 0.2) is 61.2 Å². The van der Waals surface area contributed by atoms with E-state index in [4.69, 9.17) is 9.47 Å². The van der Waals surface area contributed by atoms with Gasteiger partial charge in [0.1, 0.15) is 17.4 Å². The summed E-state index contributed by atoms with van der Waals surface area (Å²) in [6, 6.07) is 10.8. The van der Waals surface area contributed by atoms with Crippen LogP contribution in [0.3, 0.4) is 0 Å². The molecule has 1 unspecified atom stereocenters. The van der Waals surface area contributed by atoms with Crippen molar-refractivity contribution in [1.29, 1.82) is 0 Å². The van der Waals surface area contributed by atoms with Gasteiger partial charge in [-0.25, -0.2) is 9.50 Å². The topological polar surface area (TPSA) is 176 Å². The van der Waals surface area contributed by atoms with Crippen molar-refractivity contribution < 1.29 is 28.7 Å². The molecule has 54 heavy (non-hydrogen) atoms. The average molecular weight is 734 g/mol. The number of carbonyl (C=O) groups excluding carboxylic acids is 4. The van der Waals surface area contributed by atoms with Crippen LogP contribution in [0, 0.1) is 0 Å². The fraction of sp³-hybridized carbons (Fsp3) is 0.410. The number of nitrogens with one attached hydrogen (secondary N) is 3. The lowest BCUT2D eigenvalue weighted by atomic mass is 9.97. The molecule has 280 valence electrons. The van der Waals surface area contributed by atoms with Crippen LogP contribution in [0.25, 0.3) is 16.6 Å². The normalized spacial score (nSPS) is 19.1. The lowest BCUT2D eigenvalue weighted by molar-refractivity contribution is -0.136. The van der Waals surface area contributed by atoms with Gasteiger partial charge in [-0.2, -0.15) is 10.2 Å². The number of hydrogen-bond donors (Lipinski definition) is 3. The van der Waals surface area contributed by atoms with Crippen molar-refractivity contribution in [2.24, 2.45) is 0 Å². The zero-order chi connectivity index (χ0) is 37.3. The third-order valence-corrected chi connectivity index (χ3v) is 10.3. The van der Waals surface area contributed by atoms with Crippen molar-refractivity contribution in [3.05, 3.63) is 77.9 Å². The summed E-state index contributed by atoms with van der Waals surface area (Å²) in [4.78, 5) is 57.2. The summed E-state index contributed by atoms with van der Waals surface area (Å²) in [5, 5.41) is 17.2. The molecule has 9 rings (SSSR count). The Bertz CT molecular complexity index is 2220. The van der Waals surface area contributed by atoms with Gasteiger partial charge in [0, 0.05) is 61.2 Å². The van der Waals surface area contributed by atoms with Gasteiger partial charge < -0.3 is 24.6 Å². The smallest absolute Gasteiger partial charge is 0.261 e. The minimum atomic E-state index is -0.562. The first-order chi connectivity index (χ1) is 26.2. The Kier molecular flexibility index (Phi) is 9.71. The highest BCUT2D eigenvalue weighted by molar-refractivity contribution is 6.09. The zero-order valence-electron chi connectivity index (χ0n) is 30.3. The number of aromatic nitrogens is 5. The van der Waals surface area contributed by atoms with Crippen molar-refractivity contribution in [2.45, 2.75) is 89.7 Å². The van der Waals surface area contributed by atoms with E-state index in [2.05, 4.69) is 41.9 Å². The van der Waals surface area contributed by atoms with E-state index in [1.165, 1.54) is 38.3 Å². The summed E-state index contributed by atoms with van der Waals surface area (Å²) in [6.07, 6.45) is 14.2. The molecule has 1 saturated carbocycles. The first-order valence-corrected chi connectivity index (χ1v) is 18.6. The third-order valence-electron chi connectivity index (χ3n) is 10.3. The molecule has 3 aromatic heterocycles. The molecule has 3 N–H and O–H groups in total. The van der Waals surface area contributed by atoms with E-state index in [0.29, 0.717) is 53.4 Å². The summed E-state index contributed by atoms with van der Waals surface area (Å²) in [7, 11) is 0. The second-order valence-electron chi connectivity index (χ2n) is 14.5. The molecule has 2 aromatic carbocycles. The average Bonchev–Trinajstić information content (AvgIpc) is 3.87. The largest absolute Gasteiger partial charge is 0.489 e. The van der Waals surface area contributed by atoms with Gasteiger partial charge in [-0.1, -0.05) is 19.3 Å². The van der Waals surface area contributed by atoms with Gasteiger partial charge in [0.05, 0.1) is 41.9 Å². The number of rotatable bonds is 8. The molecule has 1 atom stereocenters. The summed E-state index contributed by atoms with van der Waals surface area (Å²) < 4.78 is 13.6. The SMILES string of the molecule is CC(C)Oc1cc2[nH]ncc2cc1NC(=O)c1cnn2cccnc12.O=C1CCC(N2Cc3cc(N4CC(OC5CCCCC5)C4)ccc3C2=O)C(=O)N1. The van der Waals surface area contributed by atoms with Gasteiger partial charge in [-0.3, -0.25) is 29.6 Å². The Labute approximate surface area is 311 Å². The van der Waals surface area contributed by atoms with Crippen LogP contribution >= 0.6 is 0 Å². The van der Waals surface area contributed by atoms with E-state index in [1.807, 2.05) is 38.1 Å². The summed E-state index contributed by atoms with van der Waals surface area (Å²) in [6.45, 7) is 6.06. The molecule has 15 nitrogen and oxygen atoms in total. The van der Waals surface area contributed by atoms with Crippen LogP contribution in [0.1, 0.15) is 85.1 Å². The number of H-pyrrole nitrogens is 1. The van der Waals surface area contributed by atoms with Crippen LogP contribution in [0.5, 0.6) is 5.75 Å². The summed E-state index contributed by atoms with van der Waals surface area (Å²) >= 11 is 0. The van der Waals surface area contributed by atoms with E-state index >= 15 is 0 Å². The molecule has 2 saturated heterocycles. The highest BCUT2D eigenvalue weighted by Crippen LogP contribution is 2.34. The maximum absolute atomic E-state index is 12.8. The molecule has 3 aliphatic heterocycles. The summed E-state index contributed by atoms with van der Waals surface area (Å²) in [5.41, 5.74) is 5.02. The van der Waals surface area contributed by atoms with E-state index in [1.54, 1.807) is 34.1 Å². The number of piperidine rings is 1. The molecule has 0 spiro atoms. The fourth-order valence-corrected chi connectivity index (χ4v) is 7.56. The highest BCUT2D eigenvalue weighted by Gasteiger charge is 2.40. The molecule has 15 heteroatoms. The number of fused-ring (bicyclic) bond motifs is 3. The lowest BCUT2D eigenvalue weighted by Crippen LogP contribution is -2.53. The van der Waals surface area contributed by atoms with Gasteiger partial charge >= 0.3 is 0 Å². The third kappa shape index (κ3) is 7.23. The van der Waals surface area contributed by atoms with Crippen LogP contribution in [-0.4, -0.2) is 90.8 Å². The first-order valence-electron chi connectivity index (χ1n) is 18.6. The first kappa shape index (κ1) is 35.2. The molecule has 3 fully saturated rings. The van der Waals surface area contributed by atoms with Gasteiger partial charge in [0.2, 0.25) is 11.8 Å². The molecule has 5 aromatic rings. The van der Waals surface area contributed by atoms with Crippen molar-refractivity contribution in [1.82, 2.24) is 35.0 Å². The van der Waals surface area contributed by atoms with Gasteiger partial charge in [-0.05, 0) is 69.0 Å². The molecular formula is C39H43N9O6. The number of ether oxygens (including phenoxy) is 2. The predicted octanol–water partition coefficient (Wildman–Crippen LogP) is 4.63. The molecule has 4 amide bonds. The number of carbonyl (C=O) groups is 4. The van der Waals surface area contributed by atoms with E-state index in [0.717, 1.165) is 35.2 Å². The van der Waals surface area contributed by atoms with Crippen LogP contribution in [0.4, 0.5) is 11.4 Å². The molecule has 1 aliphatic carbocycles. The Morgan fingerprint density at radius 3 is 2.63 bits per heavy atom. The van der Waals surface area contributed by atoms with E-state index in [-0.39, 0.29) is 36.2 Å². The van der Waals surface area contributed by atoms with Crippen LogP contribution < -0.4 is 20.3 Å². The second kappa shape index (κ2) is 14.9. The van der Waals surface area contributed by atoms with E-state index in [9.17, 15) is 19.2 Å². The highest BCUT2D eigenvalue weighted by atomic mass is 16.5. The van der Waals surface area contributed by atoms with Gasteiger partial charge in [0.25, 0.3) is 11.8 Å². The molecular weight excluding hydrogens is 690 g/mol. The van der Waals surface area contributed by atoms with Crippen molar-refractivity contribution in [2.75, 3.05) is 23.3 Å². The summed E-state index contributed by atoms with van der Waals surface area (Å²) in [5.74, 6) is -0.480. The van der Waals surface area contributed by atoms with Crippen molar-refractivity contribution >= 4 is 51.6 Å².